The summed E-state index contributed by atoms with van der Waals surface area (Å²) in [4.78, 5) is 67.4. The first-order valence-electron chi connectivity index (χ1n) is 11.3. The number of nitrogens with zero attached hydrogens (tertiary/aromatic N) is 1. The Morgan fingerprint density at radius 3 is 2.40 bits per heavy atom. The number of aromatic hydroxyl groups is 1. The maximum absolute atomic E-state index is 13.9. The first-order valence-corrected chi connectivity index (χ1v) is 12.5. The summed E-state index contributed by atoms with van der Waals surface area (Å²) in [6.07, 6.45) is -1.63. The van der Waals surface area contributed by atoms with Crippen molar-refractivity contribution in [3.63, 3.8) is 0 Å². The second kappa shape index (κ2) is 8.81. The highest BCUT2D eigenvalue weighted by molar-refractivity contribution is 7.99. The van der Waals surface area contributed by atoms with Crippen LogP contribution in [0.1, 0.15) is 28.8 Å². The number of carbonyl (C=O) groups excluding carboxylic acids is 5. The molecule has 0 radical (unpaired) electrons. The van der Waals surface area contributed by atoms with Crippen LogP contribution in [0.2, 0.25) is 0 Å². The SMILES string of the molecule is CCSC[C@H]1c2cccc(O)c2C(=O)C2C(=O)[C@]3(O)C(=O)C(C(N)=O)C(=O)[C@@H](N(C)C)C3[C@@H](O)C21. The number of Topliss-reactive ketones (excluding diaryl/α,β-unsaturated/α-hetero) is 4. The van der Waals surface area contributed by atoms with E-state index in [0.29, 0.717) is 17.1 Å². The van der Waals surface area contributed by atoms with Gasteiger partial charge in [0.1, 0.15) is 5.75 Å². The number of rotatable bonds is 5. The number of aliphatic hydroxyl groups excluding tert-OH is 1. The van der Waals surface area contributed by atoms with Gasteiger partial charge in [0.05, 0.1) is 29.5 Å². The van der Waals surface area contributed by atoms with Crippen molar-refractivity contribution in [2.75, 3.05) is 25.6 Å². The van der Waals surface area contributed by atoms with E-state index in [1.54, 1.807) is 12.1 Å². The molecule has 0 bridgehead atoms. The number of hydrogen-bond acceptors (Lipinski definition) is 10. The van der Waals surface area contributed by atoms with Gasteiger partial charge < -0.3 is 21.1 Å². The van der Waals surface area contributed by atoms with Crippen molar-refractivity contribution >= 4 is 40.8 Å². The number of hydrogen-bond donors (Lipinski definition) is 4. The van der Waals surface area contributed by atoms with Crippen LogP contribution in [0, 0.1) is 23.7 Å². The zero-order valence-electron chi connectivity index (χ0n) is 19.5. The zero-order chi connectivity index (χ0) is 26.0. The van der Waals surface area contributed by atoms with E-state index in [9.17, 15) is 39.3 Å². The Morgan fingerprint density at radius 2 is 1.83 bits per heavy atom. The third-order valence-corrected chi connectivity index (χ3v) is 8.65. The maximum Gasteiger partial charge on any atom is 0.235 e. The van der Waals surface area contributed by atoms with Crippen molar-refractivity contribution in [1.29, 1.82) is 0 Å². The second-order valence-electron chi connectivity index (χ2n) is 9.58. The summed E-state index contributed by atoms with van der Waals surface area (Å²) in [6, 6.07) is 3.13. The van der Waals surface area contributed by atoms with Crippen LogP contribution in [0.25, 0.3) is 0 Å². The van der Waals surface area contributed by atoms with Gasteiger partial charge in [-0.2, -0.15) is 11.8 Å². The lowest BCUT2D eigenvalue weighted by Gasteiger charge is -2.56. The molecule has 5 N–H and O–H groups in total. The molecule has 0 heterocycles. The summed E-state index contributed by atoms with van der Waals surface area (Å²) in [7, 11) is 2.92. The first-order chi connectivity index (χ1) is 16.4. The molecule has 10 nitrogen and oxygen atoms in total. The molecule has 4 unspecified atom stereocenters. The smallest absolute Gasteiger partial charge is 0.235 e. The lowest BCUT2D eigenvalue weighted by molar-refractivity contribution is -0.196. The van der Waals surface area contributed by atoms with Gasteiger partial charge in [0, 0.05) is 17.6 Å². The summed E-state index contributed by atoms with van der Waals surface area (Å²) >= 11 is 1.50. The monoisotopic (exact) mass is 504 g/mol. The normalized spacial score (nSPS) is 36.6. The predicted molar refractivity (Wildman–Crippen MR) is 125 cm³/mol. The number of primary amides is 1. The molecule has 11 heteroatoms. The molecule has 0 saturated heterocycles. The number of phenolic OH excluding ortho intramolecular Hbond substituents is 1. The van der Waals surface area contributed by atoms with E-state index in [2.05, 4.69) is 0 Å². The molecule has 4 rings (SSSR count). The molecule has 1 aromatic rings. The third-order valence-electron chi connectivity index (χ3n) is 7.65. The molecule has 1 amide bonds. The van der Waals surface area contributed by atoms with E-state index >= 15 is 0 Å². The lowest BCUT2D eigenvalue weighted by atomic mass is 9.49. The van der Waals surface area contributed by atoms with Crippen LogP contribution in [0.5, 0.6) is 5.75 Å². The van der Waals surface area contributed by atoms with Crippen LogP contribution in [0.4, 0.5) is 0 Å². The van der Waals surface area contributed by atoms with E-state index in [-0.39, 0.29) is 11.3 Å². The molecule has 35 heavy (non-hydrogen) atoms. The number of aliphatic hydroxyl groups is 2. The molecule has 2 fully saturated rings. The van der Waals surface area contributed by atoms with E-state index in [0.717, 1.165) is 0 Å². The van der Waals surface area contributed by atoms with Crippen LogP contribution >= 0.6 is 11.8 Å². The number of thioether (sulfide) groups is 1. The van der Waals surface area contributed by atoms with Crippen LogP contribution in [-0.4, -0.2) is 92.6 Å². The Bertz CT molecular complexity index is 1140. The maximum atomic E-state index is 13.9. The Morgan fingerprint density at radius 1 is 1.17 bits per heavy atom. The highest BCUT2D eigenvalue weighted by atomic mass is 32.2. The summed E-state index contributed by atoms with van der Waals surface area (Å²) < 4.78 is 0. The number of nitrogens with two attached hydrogens (primary N) is 1. The predicted octanol–water partition coefficient (Wildman–Crippen LogP) is -0.868. The van der Waals surface area contributed by atoms with E-state index in [1.807, 2.05) is 6.92 Å². The Hall–Kier alpha value is -2.60. The number of amides is 1. The number of phenols is 1. The largest absolute Gasteiger partial charge is 0.507 e. The van der Waals surface area contributed by atoms with Crippen LogP contribution in [0.15, 0.2) is 18.2 Å². The quantitative estimate of drug-likeness (QED) is 0.369. The minimum absolute atomic E-state index is 0.0898. The molecule has 0 aromatic heterocycles. The van der Waals surface area contributed by atoms with E-state index in [4.69, 9.17) is 5.73 Å². The molecule has 0 spiro atoms. The second-order valence-corrected chi connectivity index (χ2v) is 10.9. The number of likely N-dealkylation sites (N-methyl/N-ethyl adjacent to an activating group) is 1. The van der Waals surface area contributed by atoms with Gasteiger partial charge >= 0.3 is 0 Å². The standard InChI is InChI=1S/C24H28N2O8S/c1-4-35-8-10-9-6-5-7-11(27)12(9)18(28)14-13(10)19(29)16-17(26(2)3)20(30)15(23(25)33)22(32)24(16,34)21(14)31/h5-7,10,13-17,19,27,29,34H,4,8H2,1-3H3,(H2,25,33)/t10-,13?,14?,15?,16?,17-,19-,24-/m0/s1. The number of carbonyl (C=O) groups is 5. The first kappa shape index (κ1) is 25.5. The molecule has 3 aliphatic rings. The summed E-state index contributed by atoms with van der Waals surface area (Å²) in [6.45, 7) is 1.92. The highest BCUT2D eigenvalue weighted by Gasteiger charge is 2.73. The minimum atomic E-state index is -2.98. The van der Waals surface area contributed by atoms with Crippen LogP contribution in [0.3, 0.4) is 0 Å². The van der Waals surface area contributed by atoms with Gasteiger partial charge in [-0.1, -0.05) is 19.1 Å². The average Bonchev–Trinajstić information content (AvgIpc) is 2.78. The van der Waals surface area contributed by atoms with Gasteiger partial charge in [-0.15, -0.1) is 0 Å². The molecule has 188 valence electrons. The van der Waals surface area contributed by atoms with Crippen molar-refractivity contribution in [2.45, 2.75) is 30.6 Å². The molecule has 1 aromatic carbocycles. The molecule has 8 atom stereocenters. The molecule has 2 saturated carbocycles. The fraction of sp³-hybridized carbons (Fsp3) is 0.542. The van der Waals surface area contributed by atoms with Crippen molar-refractivity contribution in [3.8, 4) is 5.75 Å². The van der Waals surface area contributed by atoms with E-state index < -0.39 is 76.4 Å². The van der Waals surface area contributed by atoms with Crippen molar-refractivity contribution in [3.05, 3.63) is 29.3 Å². The molecular weight excluding hydrogens is 476 g/mol. The van der Waals surface area contributed by atoms with Crippen molar-refractivity contribution in [2.24, 2.45) is 29.4 Å². The molecular formula is C24H28N2O8S. The Labute approximate surface area is 205 Å². The number of benzene rings is 1. The Balaban J connectivity index is 1.97. The topological polar surface area (TPSA) is 175 Å². The van der Waals surface area contributed by atoms with Crippen LogP contribution < -0.4 is 5.73 Å². The average molecular weight is 505 g/mol. The minimum Gasteiger partial charge on any atom is -0.507 e. The van der Waals surface area contributed by atoms with Gasteiger partial charge in [-0.05, 0) is 31.5 Å². The zero-order valence-corrected chi connectivity index (χ0v) is 20.3. The van der Waals surface area contributed by atoms with Gasteiger partial charge in [-0.25, -0.2) is 0 Å². The summed E-state index contributed by atoms with van der Waals surface area (Å²) in [5, 5.41) is 33.8. The summed E-state index contributed by atoms with van der Waals surface area (Å²) in [5.74, 6) is -11.9. The van der Waals surface area contributed by atoms with Gasteiger partial charge in [-0.3, -0.25) is 28.9 Å². The number of ketones is 4. The highest BCUT2D eigenvalue weighted by Crippen LogP contribution is 2.55. The summed E-state index contributed by atoms with van der Waals surface area (Å²) in [5.41, 5.74) is 2.69. The fourth-order valence-corrected chi connectivity index (χ4v) is 7.10. The van der Waals surface area contributed by atoms with Gasteiger partial charge in [0.2, 0.25) is 5.91 Å². The van der Waals surface area contributed by atoms with Crippen molar-refractivity contribution < 1.29 is 39.3 Å². The lowest BCUT2D eigenvalue weighted by Crippen LogP contribution is -2.77. The van der Waals surface area contributed by atoms with Gasteiger partial charge in [0.25, 0.3) is 0 Å². The Kier molecular flexibility index (Phi) is 6.41. The van der Waals surface area contributed by atoms with Crippen molar-refractivity contribution in [1.82, 2.24) is 4.90 Å². The third kappa shape index (κ3) is 3.40. The number of fused-ring (bicyclic) bond motifs is 3. The van der Waals surface area contributed by atoms with Crippen LogP contribution in [-0.2, 0) is 19.2 Å². The fourth-order valence-electron chi connectivity index (χ4n) is 6.21. The van der Waals surface area contributed by atoms with E-state index in [1.165, 1.54) is 36.8 Å². The molecule has 0 aliphatic heterocycles. The van der Waals surface area contributed by atoms with Gasteiger partial charge in [0.15, 0.2) is 34.7 Å². The molecule has 3 aliphatic carbocycles.